The van der Waals surface area contributed by atoms with Crippen LogP contribution in [0.25, 0.3) is 0 Å². The van der Waals surface area contributed by atoms with Gasteiger partial charge in [-0.25, -0.2) is 0 Å². The molecular formula is C13H18F3N. The van der Waals surface area contributed by atoms with Gasteiger partial charge in [0.05, 0.1) is 0 Å². The number of hydrogen-bond donors (Lipinski definition) is 1. The van der Waals surface area contributed by atoms with E-state index in [1.165, 1.54) is 6.92 Å². The number of halogens is 3. The molecule has 0 spiro atoms. The monoisotopic (exact) mass is 245 g/mol. The maximum Gasteiger partial charge on any atom is 0.410 e. The van der Waals surface area contributed by atoms with Crippen molar-refractivity contribution < 1.29 is 13.2 Å². The second kappa shape index (κ2) is 4.69. The fourth-order valence-corrected chi connectivity index (χ4v) is 1.77. The Morgan fingerprint density at radius 3 is 2.12 bits per heavy atom. The summed E-state index contributed by atoms with van der Waals surface area (Å²) >= 11 is 0. The number of aryl methyl sites for hydroxylation is 2. The molecule has 1 unspecified atom stereocenters. The van der Waals surface area contributed by atoms with Crippen molar-refractivity contribution in [1.82, 2.24) is 5.32 Å². The Balaban J connectivity index is 3.28. The smallest absolute Gasteiger partial charge is 0.300 e. The molecule has 1 aromatic rings. The van der Waals surface area contributed by atoms with Gasteiger partial charge in [0.25, 0.3) is 0 Å². The van der Waals surface area contributed by atoms with E-state index in [1.807, 2.05) is 13.8 Å². The van der Waals surface area contributed by atoms with Gasteiger partial charge >= 0.3 is 6.18 Å². The molecule has 96 valence electrons. The van der Waals surface area contributed by atoms with E-state index in [1.54, 1.807) is 25.1 Å². The highest BCUT2D eigenvalue weighted by atomic mass is 19.4. The van der Waals surface area contributed by atoms with Gasteiger partial charge in [0.15, 0.2) is 0 Å². The Bertz CT molecular complexity index is 398. The summed E-state index contributed by atoms with van der Waals surface area (Å²) in [5.74, 6) is 0. The number of rotatable bonds is 3. The molecule has 1 N–H and O–H groups in total. The first-order valence-electron chi connectivity index (χ1n) is 5.62. The van der Waals surface area contributed by atoms with Crippen LogP contribution in [0.2, 0.25) is 0 Å². The van der Waals surface area contributed by atoms with Crippen LogP contribution >= 0.6 is 0 Å². The fraction of sp³-hybridized carbons (Fsp3) is 0.538. The molecule has 4 heteroatoms. The van der Waals surface area contributed by atoms with Crippen molar-refractivity contribution in [2.45, 2.75) is 39.4 Å². The number of benzene rings is 1. The third-order valence-corrected chi connectivity index (χ3v) is 3.18. The zero-order valence-corrected chi connectivity index (χ0v) is 10.6. The molecule has 1 aromatic carbocycles. The van der Waals surface area contributed by atoms with Crippen LogP contribution in [-0.4, -0.2) is 12.7 Å². The van der Waals surface area contributed by atoms with Gasteiger partial charge in [-0.05, 0) is 44.0 Å². The van der Waals surface area contributed by atoms with Crippen LogP contribution in [0.3, 0.4) is 0 Å². The second-order valence-corrected chi connectivity index (χ2v) is 4.45. The summed E-state index contributed by atoms with van der Waals surface area (Å²) in [6.45, 7) is 6.83. The first-order valence-corrected chi connectivity index (χ1v) is 5.62. The Labute approximate surface area is 100 Å². The molecule has 1 atom stereocenters. The van der Waals surface area contributed by atoms with Crippen molar-refractivity contribution >= 4 is 0 Å². The van der Waals surface area contributed by atoms with E-state index in [2.05, 4.69) is 5.32 Å². The van der Waals surface area contributed by atoms with E-state index < -0.39 is 11.7 Å². The molecule has 0 bridgehead atoms. The Morgan fingerprint density at radius 2 is 1.71 bits per heavy atom. The van der Waals surface area contributed by atoms with Crippen LogP contribution in [-0.2, 0) is 5.54 Å². The van der Waals surface area contributed by atoms with Gasteiger partial charge in [0.1, 0.15) is 5.54 Å². The van der Waals surface area contributed by atoms with Crippen LogP contribution in [0.5, 0.6) is 0 Å². The minimum atomic E-state index is -4.31. The van der Waals surface area contributed by atoms with Crippen molar-refractivity contribution in [2.24, 2.45) is 0 Å². The lowest BCUT2D eigenvalue weighted by atomic mass is 9.89. The van der Waals surface area contributed by atoms with Crippen LogP contribution in [0.1, 0.15) is 30.5 Å². The van der Waals surface area contributed by atoms with Gasteiger partial charge in [0.2, 0.25) is 0 Å². The summed E-state index contributed by atoms with van der Waals surface area (Å²) in [4.78, 5) is 0. The molecule has 0 aliphatic heterocycles. The molecule has 0 radical (unpaired) electrons. The van der Waals surface area contributed by atoms with E-state index in [0.29, 0.717) is 0 Å². The summed E-state index contributed by atoms with van der Waals surface area (Å²) in [5, 5.41) is 2.54. The lowest BCUT2D eigenvalue weighted by Crippen LogP contribution is -2.51. The predicted octanol–water partition coefficient (Wildman–Crippen LogP) is 3.69. The minimum absolute atomic E-state index is 0.259. The molecule has 0 saturated carbocycles. The predicted molar refractivity (Wildman–Crippen MR) is 63.0 cm³/mol. The first kappa shape index (κ1) is 14.0. The van der Waals surface area contributed by atoms with Crippen molar-refractivity contribution in [3.05, 3.63) is 34.9 Å². The lowest BCUT2D eigenvalue weighted by Gasteiger charge is -2.33. The van der Waals surface area contributed by atoms with E-state index in [9.17, 15) is 13.2 Å². The van der Waals surface area contributed by atoms with E-state index in [-0.39, 0.29) is 12.1 Å². The highest BCUT2D eigenvalue weighted by Gasteiger charge is 2.51. The fourth-order valence-electron chi connectivity index (χ4n) is 1.77. The van der Waals surface area contributed by atoms with Crippen molar-refractivity contribution in [1.29, 1.82) is 0 Å². The molecule has 0 aromatic heterocycles. The number of alkyl halides is 3. The number of hydrogen-bond acceptors (Lipinski definition) is 1. The van der Waals surface area contributed by atoms with Gasteiger partial charge in [-0.3, -0.25) is 0 Å². The summed E-state index contributed by atoms with van der Waals surface area (Å²) in [6.07, 6.45) is -4.31. The maximum absolute atomic E-state index is 13.1. The van der Waals surface area contributed by atoms with Gasteiger partial charge in [0, 0.05) is 0 Å². The third kappa shape index (κ3) is 2.63. The SMILES string of the molecule is CCNC(C)(c1ccc(C)c(C)c1)C(F)(F)F. The van der Waals surface area contributed by atoms with E-state index >= 15 is 0 Å². The first-order chi connectivity index (χ1) is 7.72. The normalized spacial score (nSPS) is 15.7. The molecule has 0 heterocycles. The molecule has 17 heavy (non-hydrogen) atoms. The van der Waals surface area contributed by atoms with Gasteiger partial charge in [-0.15, -0.1) is 0 Å². The quantitative estimate of drug-likeness (QED) is 0.856. The van der Waals surface area contributed by atoms with Crippen LogP contribution < -0.4 is 5.32 Å². The lowest BCUT2D eigenvalue weighted by molar-refractivity contribution is -0.195. The zero-order chi connectivity index (χ0) is 13.3. The molecule has 0 aliphatic carbocycles. The Kier molecular flexibility index (Phi) is 3.87. The van der Waals surface area contributed by atoms with Crippen LogP contribution in [0, 0.1) is 13.8 Å². The molecule has 0 aliphatic rings. The van der Waals surface area contributed by atoms with Gasteiger partial charge in [-0.1, -0.05) is 25.1 Å². The topological polar surface area (TPSA) is 12.0 Å². The summed E-state index contributed by atoms with van der Waals surface area (Å²) in [6, 6.07) is 4.87. The summed E-state index contributed by atoms with van der Waals surface area (Å²) < 4.78 is 39.4. The summed E-state index contributed by atoms with van der Waals surface area (Å²) in [7, 11) is 0. The third-order valence-electron chi connectivity index (χ3n) is 3.18. The highest BCUT2D eigenvalue weighted by Crippen LogP contribution is 2.39. The average molecular weight is 245 g/mol. The summed E-state index contributed by atoms with van der Waals surface area (Å²) in [5.41, 5.74) is 0.140. The molecule has 0 amide bonds. The highest BCUT2D eigenvalue weighted by molar-refractivity contribution is 5.35. The van der Waals surface area contributed by atoms with Crippen LogP contribution in [0.15, 0.2) is 18.2 Å². The zero-order valence-electron chi connectivity index (χ0n) is 10.6. The minimum Gasteiger partial charge on any atom is -0.300 e. The van der Waals surface area contributed by atoms with Gasteiger partial charge in [-0.2, -0.15) is 13.2 Å². The van der Waals surface area contributed by atoms with Crippen LogP contribution in [0.4, 0.5) is 13.2 Å². The standard InChI is InChI=1S/C13H18F3N/c1-5-17-12(4,13(14,15)16)11-7-6-9(2)10(3)8-11/h6-8,17H,5H2,1-4H3. The van der Waals surface area contributed by atoms with Crippen molar-refractivity contribution in [2.75, 3.05) is 6.54 Å². The van der Waals surface area contributed by atoms with Gasteiger partial charge < -0.3 is 5.32 Å². The van der Waals surface area contributed by atoms with E-state index in [0.717, 1.165) is 11.1 Å². The average Bonchev–Trinajstić information content (AvgIpc) is 2.20. The second-order valence-electron chi connectivity index (χ2n) is 4.45. The number of nitrogens with one attached hydrogen (secondary N) is 1. The Hall–Kier alpha value is -1.03. The van der Waals surface area contributed by atoms with E-state index in [4.69, 9.17) is 0 Å². The molecule has 0 fully saturated rings. The molecule has 0 saturated heterocycles. The Morgan fingerprint density at radius 1 is 1.12 bits per heavy atom. The van der Waals surface area contributed by atoms with Crippen molar-refractivity contribution in [3.63, 3.8) is 0 Å². The molecule has 1 nitrogen and oxygen atoms in total. The van der Waals surface area contributed by atoms with Crippen molar-refractivity contribution in [3.8, 4) is 0 Å². The largest absolute Gasteiger partial charge is 0.410 e. The molecular weight excluding hydrogens is 227 g/mol. The maximum atomic E-state index is 13.1. The molecule has 1 rings (SSSR count).